The highest BCUT2D eigenvalue weighted by atomic mass is 16.2. The highest BCUT2D eigenvalue weighted by molar-refractivity contribution is 5.83. The van der Waals surface area contributed by atoms with Crippen molar-refractivity contribution in [1.82, 2.24) is 4.90 Å². The van der Waals surface area contributed by atoms with Crippen LogP contribution in [0.1, 0.15) is 41.0 Å². The summed E-state index contributed by atoms with van der Waals surface area (Å²) in [7, 11) is 0. The van der Waals surface area contributed by atoms with Crippen LogP contribution in [0.15, 0.2) is 12.7 Å². The van der Waals surface area contributed by atoms with E-state index in [-0.39, 0.29) is 5.91 Å². The van der Waals surface area contributed by atoms with Crippen molar-refractivity contribution in [3.63, 3.8) is 0 Å². The maximum Gasteiger partial charge on any atom is 0.230 e. The lowest BCUT2D eigenvalue weighted by molar-refractivity contribution is -0.143. The maximum atomic E-state index is 12.4. The molecule has 0 aliphatic heterocycles. The van der Waals surface area contributed by atoms with E-state index >= 15 is 0 Å². The molecule has 0 aliphatic rings. The second-order valence-corrected chi connectivity index (χ2v) is 5.39. The van der Waals surface area contributed by atoms with Crippen LogP contribution < -0.4 is 5.73 Å². The van der Waals surface area contributed by atoms with Gasteiger partial charge < -0.3 is 10.6 Å². The molecule has 0 radical (unpaired) electrons. The smallest absolute Gasteiger partial charge is 0.230 e. The Morgan fingerprint density at radius 2 is 1.88 bits per heavy atom. The molecule has 2 N–H and O–H groups in total. The molecule has 0 atom stereocenters. The molecule has 0 spiro atoms. The Labute approximate surface area is 99.7 Å². The van der Waals surface area contributed by atoms with Gasteiger partial charge in [0.05, 0.1) is 5.41 Å². The first kappa shape index (κ1) is 15.2. The summed E-state index contributed by atoms with van der Waals surface area (Å²) < 4.78 is 0. The molecule has 0 saturated carbocycles. The highest BCUT2D eigenvalue weighted by Gasteiger charge is 2.42. The predicted octanol–water partition coefficient (Wildman–Crippen LogP) is 2.17. The monoisotopic (exact) mass is 226 g/mol. The largest absolute Gasteiger partial charge is 0.338 e. The second-order valence-electron chi connectivity index (χ2n) is 5.39. The Balaban J connectivity index is 4.91. The van der Waals surface area contributed by atoms with Crippen LogP contribution in [-0.4, -0.2) is 29.4 Å². The van der Waals surface area contributed by atoms with Crippen molar-refractivity contribution in [3.8, 4) is 0 Å². The van der Waals surface area contributed by atoms with Crippen LogP contribution in [0.3, 0.4) is 0 Å². The molecule has 0 saturated heterocycles. The average Bonchev–Trinajstić information content (AvgIpc) is 2.14. The van der Waals surface area contributed by atoms with Crippen LogP contribution in [0, 0.1) is 5.41 Å². The first-order chi connectivity index (χ1) is 7.18. The first-order valence-electron chi connectivity index (χ1n) is 5.87. The van der Waals surface area contributed by atoms with E-state index in [1.165, 1.54) is 0 Å². The summed E-state index contributed by atoms with van der Waals surface area (Å²) in [5, 5.41) is 0. The van der Waals surface area contributed by atoms with Crippen molar-refractivity contribution in [2.24, 2.45) is 11.1 Å². The fourth-order valence-electron chi connectivity index (χ4n) is 1.37. The van der Waals surface area contributed by atoms with Crippen molar-refractivity contribution >= 4 is 5.91 Å². The molecule has 3 nitrogen and oxygen atoms in total. The van der Waals surface area contributed by atoms with Gasteiger partial charge in [-0.05, 0) is 34.1 Å². The summed E-state index contributed by atoms with van der Waals surface area (Å²) in [5.41, 5.74) is 4.98. The van der Waals surface area contributed by atoms with E-state index in [1.54, 1.807) is 6.08 Å². The second kappa shape index (κ2) is 5.48. The van der Waals surface area contributed by atoms with Gasteiger partial charge in [-0.15, -0.1) is 6.58 Å². The van der Waals surface area contributed by atoms with Gasteiger partial charge in [0.1, 0.15) is 0 Å². The van der Waals surface area contributed by atoms with E-state index in [1.807, 2.05) is 32.6 Å². The molecule has 0 aromatic rings. The van der Waals surface area contributed by atoms with Gasteiger partial charge >= 0.3 is 0 Å². The molecule has 0 rings (SSSR count). The number of carbonyl (C=O) groups excluding carboxylic acids is 1. The van der Waals surface area contributed by atoms with Crippen LogP contribution in [0.25, 0.3) is 0 Å². The molecule has 94 valence electrons. The van der Waals surface area contributed by atoms with Crippen LogP contribution in [-0.2, 0) is 4.79 Å². The lowest BCUT2D eigenvalue weighted by Crippen LogP contribution is -2.56. The Hall–Kier alpha value is -0.830. The lowest BCUT2D eigenvalue weighted by Gasteiger charge is -2.40. The average molecular weight is 226 g/mol. The molecular formula is C13H26N2O. The molecular weight excluding hydrogens is 200 g/mol. The number of nitrogens with zero attached hydrogens (tertiary/aromatic N) is 1. The van der Waals surface area contributed by atoms with Crippen molar-refractivity contribution in [1.29, 1.82) is 0 Å². The van der Waals surface area contributed by atoms with Crippen LogP contribution in [0.2, 0.25) is 0 Å². The van der Waals surface area contributed by atoms with Gasteiger partial charge in [0.15, 0.2) is 0 Å². The summed E-state index contributed by atoms with van der Waals surface area (Å²) in [6.07, 6.45) is 2.70. The third kappa shape index (κ3) is 3.34. The Bertz CT molecular complexity index is 251. The molecule has 0 unspecified atom stereocenters. The van der Waals surface area contributed by atoms with Gasteiger partial charge in [-0.1, -0.05) is 13.0 Å². The van der Waals surface area contributed by atoms with Crippen molar-refractivity contribution in [3.05, 3.63) is 12.7 Å². The third-order valence-electron chi connectivity index (χ3n) is 3.28. The zero-order valence-corrected chi connectivity index (χ0v) is 11.3. The quantitative estimate of drug-likeness (QED) is 0.706. The van der Waals surface area contributed by atoms with E-state index < -0.39 is 11.0 Å². The van der Waals surface area contributed by atoms with Gasteiger partial charge in [-0.3, -0.25) is 4.79 Å². The van der Waals surface area contributed by atoms with Gasteiger partial charge in [0.2, 0.25) is 5.91 Å². The number of nitrogens with two attached hydrogens (primary N) is 1. The van der Waals surface area contributed by atoms with Gasteiger partial charge in [-0.2, -0.15) is 0 Å². The van der Waals surface area contributed by atoms with Crippen molar-refractivity contribution in [2.75, 3.05) is 13.1 Å². The number of carbonyl (C=O) groups is 1. The third-order valence-corrected chi connectivity index (χ3v) is 3.28. The van der Waals surface area contributed by atoms with Crippen LogP contribution >= 0.6 is 0 Å². The van der Waals surface area contributed by atoms with Gasteiger partial charge in [0, 0.05) is 18.6 Å². The molecule has 0 heterocycles. The number of rotatable bonds is 6. The standard InChI is InChI=1S/C13H26N2O/c1-7-9-15(10-8-2)11(16)12(3,4)13(5,6)14/h7H,1,8-10,14H2,2-6H3. The summed E-state index contributed by atoms with van der Waals surface area (Å²) in [6, 6.07) is 0. The summed E-state index contributed by atoms with van der Waals surface area (Å²) >= 11 is 0. The first-order valence-corrected chi connectivity index (χ1v) is 5.87. The molecule has 0 bridgehead atoms. The normalized spacial score (nSPS) is 12.4. The lowest BCUT2D eigenvalue weighted by atomic mass is 9.74. The van der Waals surface area contributed by atoms with Crippen LogP contribution in [0.5, 0.6) is 0 Å². The fourth-order valence-corrected chi connectivity index (χ4v) is 1.37. The van der Waals surface area contributed by atoms with Gasteiger partial charge in [0.25, 0.3) is 0 Å². The Morgan fingerprint density at radius 1 is 1.38 bits per heavy atom. The van der Waals surface area contributed by atoms with Crippen molar-refractivity contribution < 1.29 is 4.79 Å². The molecule has 0 aliphatic carbocycles. The van der Waals surface area contributed by atoms with E-state index in [4.69, 9.17) is 5.73 Å². The number of hydrogen-bond acceptors (Lipinski definition) is 2. The minimum Gasteiger partial charge on any atom is -0.338 e. The zero-order valence-electron chi connectivity index (χ0n) is 11.3. The SMILES string of the molecule is C=CCN(CCC)C(=O)C(C)(C)C(C)(C)N. The van der Waals surface area contributed by atoms with Crippen LogP contribution in [0.4, 0.5) is 0 Å². The molecule has 0 fully saturated rings. The highest BCUT2D eigenvalue weighted by Crippen LogP contribution is 2.30. The summed E-state index contributed by atoms with van der Waals surface area (Å²) in [6.45, 7) is 14.7. The molecule has 16 heavy (non-hydrogen) atoms. The Kier molecular flexibility index (Phi) is 5.20. The topological polar surface area (TPSA) is 46.3 Å². The summed E-state index contributed by atoms with van der Waals surface area (Å²) in [4.78, 5) is 14.2. The van der Waals surface area contributed by atoms with Crippen molar-refractivity contribution in [2.45, 2.75) is 46.6 Å². The fraction of sp³-hybridized carbons (Fsp3) is 0.769. The molecule has 1 amide bonds. The summed E-state index contributed by atoms with van der Waals surface area (Å²) in [5.74, 6) is 0.0988. The Morgan fingerprint density at radius 3 is 2.19 bits per heavy atom. The van der Waals surface area contributed by atoms with E-state index in [9.17, 15) is 4.79 Å². The number of amides is 1. The molecule has 0 aromatic heterocycles. The predicted molar refractivity (Wildman–Crippen MR) is 69.1 cm³/mol. The van der Waals surface area contributed by atoms with Gasteiger partial charge in [-0.25, -0.2) is 0 Å². The molecule has 3 heteroatoms. The van der Waals surface area contributed by atoms with E-state index in [0.717, 1.165) is 13.0 Å². The number of hydrogen-bond donors (Lipinski definition) is 1. The molecule has 0 aromatic carbocycles. The maximum absolute atomic E-state index is 12.4. The van der Waals surface area contributed by atoms with E-state index in [2.05, 4.69) is 13.5 Å². The minimum absolute atomic E-state index is 0.0988. The van der Waals surface area contributed by atoms with E-state index in [0.29, 0.717) is 6.54 Å². The minimum atomic E-state index is -0.564. The zero-order chi connectivity index (χ0) is 13.0.